The van der Waals surface area contributed by atoms with Gasteiger partial charge in [-0.2, -0.15) is 13.2 Å². The van der Waals surface area contributed by atoms with Gasteiger partial charge in [-0.05, 0) is 25.5 Å². The van der Waals surface area contributed by atoms with Crippen LogP contribution in [0.2, 0.25) is 0 Å². The molecule has 2 N–H and O–H groups in total. The highest BCUT2D eigenvalue weighted by Crippen LogP contribution is 2.26. The summed E-state index contributed by atoms with van der Waals surface area (Å²) in [6.45, 7) is 3.70. The molecule has 1 aromatic rings. The lowest BCUT2D eigenvalue weighted by atomic mass is 10.1. The largest absolute Gasteiger partial charge is 0.431 e. The van der Waals surface area contributed by atoms with Crippen molar-refractivity contribution in [2.75, 3.05) is 0 Å². The maximum atomic E-state index is 12.3. The van der Waals surface area contributed by atoms with Gasteiger partial charge in [0.15, 0.2) is 0 Å². The molecule has 1 atom stereocenters. The van der Waals surface area contributed by atoms with Crippen LogP contribution in [-0.2, 0) is 6.18 Å². The van der Waals surface area contributed by atoms with Gasteiger partial charge in [-0.3, -0.25) is 9.59 Å². The Morgan fingerprint density at radius 1 is 1.42 bits per heavy atom. The molecule has 1 amide bonds. The monoisotopic (exact) mass is 276 g/mol. The van der Waals surface area contributed by atoms with E-state index >= 15 is 0 Å². The number of nitrogens with one attached hydrogen (secondary N) is 2. The van der Waals surface area contributed by atoms with Gasteiger partial charge >= 0.3 is 6.18 Å². The Labute approximate surface area is 108 Å². The number of carbonyl (C=O) groups is 1. The van der Waals surface area contributed by atoms with Gasteiger partial charge in [-0.1, -0.05) is 13.3 Å². The Bertz CT molecular complexity index is 508. The summed E-state index contributed by atoms with van der Waals surface area (Å²) in [6, 6.07) is 1.43. The minimum atomic E-state index is -4.64. The van der Waals surface area contributed by atoms with Crippen molar-refractivity contribution < 1.29 is 18.0 Å². The van der Waals surface area contributed by atoms with Crippen molar-refractivity contribution in [1.82, 2.24) is 10.3 Å². The van der Waals surface area contributed by atoms with E-state index in [1.54, 1.807) is 11.9 Å². The Hall–Kier alpha value is -1.79. The highest BCUT2D eigenvalue weighted by Gasteiger charge is 2.32. The van der Waals surface area contributed by atoms with Gasteiger partial charge in [0.1, 0.15) is 11.3 Å². The standard InChI is InChI=1S/C12H15F3N2O2/c1-3-4-7(2)16-10(18)8-5-6-9(12(13,14)15)17-11(8)19/h5-7H,3-4H2,1-2H3,(H,16,18)(H,17,19). The maximum absolute atomic E-state index is 12.3. The number of rotatable bonds is 4. The smallest absolute Gasteiger partial charge is 0.349 e. The molecule has 0 radical (unpaired) electrons. The third-order valence-corrected chi connectivity index (χ3v) is 2.56. The van der Waals surface area contributed by atoms with E-state index in [1.165, 1.54) is 0 Å². The summed E-state index contributed by atoms with van der Waals surface area (Å²) in [7, 11) is 0. The first-order valence-corrected chi connectivity index (χ1v) is 5.87. The van der Waals surface area contributed by atoms with E-state index in [-0.39, 0.29) is 11.6 Å². The number of H-pyrrole nitrogens is 1. The van der Waals surface area contributed by atoms with Crippen LogP contribution in [0.5, 0.6) is 0 Å². The number of carbonyl (C=O) groups excluding carboxylic acids is 1. The molecule has 0 bridgehead atoms. The molecule has 1 unspecified atom stereocenters. The number of hydrogen-bond donors (Lipinski definition) is 2. The molecule has 0 aromatic carbocycles. The van der Waals surface area contributed by atoms with Crippen molar-refractivity contribution in [2.24, 2.45) is 0 Å². The lowest BCUT2D eigenvalue weighted by molar-refractivity contribution is -0.141. The van der Waals surface area contributed by atoms with Crippen LogP contribution in [0.3, 0.4) is 0 Å². The average molecular weight is 276 g/mol. The summed E-state index contributed by atoms with van der Waals surface area (Å²) < 4.78 is 37.0. The fourth-order valence-electron chi connectivity index (χ4n) is 1.62. The van der Waals surface area contributed by atoms with Crippen LogP contribution >= 0.6 is 0 Å². The summed E-state index contributed by atoms with van der Waals surface area (Å²) in [6.07, 6.45) is -3.06. The SMILES string of the molecule is CCCC(C)NC(=O)c1ccc(C(F)(F)F)[nH]c1=O. The number of aromatic amines is 1. The third-order valence-electron chi connectivity index (χ3n) is 2.56. The van der Waals surface area contributed by atoms with E-state index in [4.69, 9.17) is 0 Å². The summed E-state index contributed by atoms with van der Waals surface area (Å²) in [5.41, 5.74) is -2.54. The molecular formula is C12H15F3N2O2. The van der Waals surface area contributed by atoms with Gasteiger partial charge in [-0.25, -0.2) is 0 Å². The lowest BCUT2D eigenvalue weighted by Gasteiger charge is -2.12. The van der Waals surface area contributed by atoms with E-state index in [0.29, 0.717) is 6.07 Å². The first-order valence-electron chi connectivity index (χ1n) is 5.87. The Morgan fingerprint density at radius 2 is 2.05 bits per heavy atom. The summed E-state index contributed by atoms with van der Waals surface area (Å²) in [5, 5.41) is 2.56. The second-order valence-electron chi connectivity index (χ2n) is 4.28. The van der Waals surface area contributed by atoms with E-state index in [0.717, 1.165) is 18.9 Å². The maximum Gasteiger partial charge on any atom is 0.431 e. The third kappa shape index (κ3) is 4.11. The average Bonchev–Trinajstić information content (AvgIpc) is 2.27. The number of aromatic nitrogens is 1. The molecule has 0 fully saturated rings. The van der Waals surface area contributed by atoms with Crippen LogP contribution in [0.1, 0.15) is 42.7 Å². The van der Waals surface area contributed by atoms with Crippen molar-refractivity contribution in [1.29, 1.82) is 0 Å². The van der Waals surface area contributed by atoms with Crippen LogP contribution in [0.25, 0.3) is 0 Å². The molecule has 1 heterocycles. The van der Waals surface area contributed by atoms with Crippen LogP contribution in [-0.4, -0.2) is 16.9 Å². The zero-order valence-electron chi connectivity index (χ0n) is 10.6. The van der Waals surface area contributed by atoms with Crippen molar-refractivity contribution in [3.05, 3.63) is 33.7 Å². The van der Waals surface area contributed by atoms with E-state index in [1.807, 2.05) is 6.92 Å². The van der Waals surface area contributed by atoms with Crippen molar-refractivity contribution >= 4 is 5.91 Å². The molecule has 0 saturated heterocycles. The Kier molecular flexibility index (Phi) is 4.74. The number of alkyl halides is 3. The first-order chi connectivity index (χ1) is 8.75. The molecule has 0 spiro atoms. The van der Waals surface area contributed by atoms with Crippen LogP contribution in [0, 0.1) is 0 Å². The molecule has 4 nitrogen and oxygen atoms in total. The summed E-state index contributed by atoms with van der Waals surface area (Å²) in [4.78, 5) is 24.8. The minimum Gasteiger partial charge on any atom is -0.349 e. The molecule has 0 aliphatic rings. The minimum absolute atomic E-state index is 0.140. The molecular weight excluding hydrogens is 261 g/mol. The van der Waals surface area contributed by atoms with Crippen LogP contribution < -0.4 is 10.9 Å². The van der Waals surface area contributed by atoms with Gasteiger partial charge < -0.3 is 10.3 Å². The van der Waals surface area contributed by atoms with Gasteiger partial charge in [0.25, 0.3) is 11.5 Å². The molecule has 1 aromatic heterocycles. The zero-order valence-corrected chi connectivity index (χ0v) is 10.6. The molecule has 0 saturated carbocycles. The van der Waals surface area contributed by atoms with Crippen LogP contribution in [0.4, 0.5) is 13.2 Å². The number of halogens is 3. The van der Waals surface area contributed by atoms with Gasteiger partial charge in [0, 0.05) is 6.04 Å². The fraction of sp³-hybridized carbons (Fsp3) is 0.500. The highest BCUT2D eigenvalue weighted by atomic mass is 19.4. The first kappa shape index (κ1) is 15.3. The molecule has 19 heavy (non-hydrogen) atoms. The molecule has 106 valence electrons. The van der Waals surface area contributed by atoms with Gasteiger partial charge in [0.05, 0.1) is 0 Å². The lowest BCUT2D eigenvalue weighted by Crippen LogP contribution is -2.36. The quantitative estimate of drug-likeness (QED) is 0.886. The van der Waals surface area contributed by atoms with Gasteiger partial charge in [0.2, 0.25) is 0 Å². The van der Waals surface area contributed by atoms with Gasteiger partial charge in [-0.15, -0.1) is 0 Å². The van der Waals surface area contributed by atoms with E-state index < -0.39 is 23.3 Å². The van der Waals surface area contributed by atoms with Crippen molar-refractivity contribution in [2.45, 2.75) is 38.9 Å². The normalized spacial score (nSPS) is 13.1. The zero-order chi connectivity index (χ0) is 14.6. The van der Waals surface area contributed by atoms with E-state index in [2.05, 4.69) is 5.32 Å². The Morgan fingerprint density at radius 3 is 2.53 bits per heavy atom. The van der Waals surface area contributed by atoms with Crippen LogP contribution in [0.15, 0.2) is 16.9 Å². The van der Waals surface area contributed by atoms with Crippen molar-refractivity contribution in [3.8, 4) is 0 Å². The topological polar surface area (TPSA) is 62.0 Å². The predicted molar refractivity (Wildman–Crippen MR) is 63.9 cm³/mol. The summed E-state index contributed by atoms with van der Waals surface area (Å²) in [5.74, 6) is -0.670. The van der Waals surface area contributed by atoms with Crippen molar-refractivity contribution in [3.63, 3.8) is 0 Å². The highest BCUT2D eigenvalue weighted by molar-refractivity contribution is 5.93. The number of amides is 1. The second kappa shape index (κ2) is 5.90. The number of pyridine rings is 1. The molecule has 1 rings (SSSR count). The van der Waals surface area contributed by atoms with E-state index in [9.17, 15) is 22.8 Å². The number of hydrogen-bond acceptors (Lipinski definition) is 2. The fourth-order valence-corrected chi connectivity index (χ4v) is 1.62. The molecule has 0 aliphatic carbocycles. The second-order valence-corrected chi connectivity index (χ2v) is 4.28. The Balaban J connectivity index is 2.91. The molecule has 7 heteroatoms. The summed E-state index contributed by atoms with van der Waals surface area (Å²) >= 11 is 0. The predicted octanol–water partition coefficient (Wildman–Crippen LogP) is 2.31. The molecule has 0 aliphatic heterocycles.